The van der Waals surface area contributed by atoms with Crippen molar-refractivity contribution >= 4 is 0 Å². The van der Waals surface area contributed by atoms with E-state index in [-0.39, 0.29) is 6.29 Å². The Kier molecular flexibility index (Phi) is 4.63. The molecule has 3 nitrogen and oxygen atoms in total. The Morgan fingerprint density at radius 2 is 2.05 bits per heavy atom. The summed E-state index contributed by atoms with van der Waals surface area (Å²) < 4.78 is 6.77. The lowest BCUT2D eigenvalue weighted by Crippen LogP contribution is -2.52. The largest absolute Gasteiger partial charge is 0.347 e. The van der Waals surface area contributed by atoms with Crippen LogP contribution in [0.4, 0.5) is 0 Å². The van der Waals surface area contributed by atoms with Crippen LogP contribution in [0.25, 0.3) is 0 Å². The van der Waals surface area contributed by atoms with Gasteiger partial charge in [-0.05, 0) is 18.8 Å². The molecule has 2 fully saturated rings. The summed E-state index contributed by atoms with van der Waals surface area (Å²) in [6.07, 6.45) is 4.91. The Balaban J connectivity index is 1.70. The average Bonchev–Trinajstić information content (AvgIpc) is 2.84. The molecule has 3 heteroatoms. The third-order valence-corrected chi connectivity index (χ3v) is 4.69. The molecular formula is C18H28NO2+. The third-order valence-electron chi connectivity index (χ3n) is 4.69. The highest BCUT2D eigenvalue weighted by atomic mass is 16.8. The second-order valence-electron chi connectivity index (χ2n) is 6.97. The third kappa shape index (κ3) is 3.47. The molecule has 2 heterocycles. The summed E-state index contributed by atoms with van der Waals surface area (Å²) in [6.45, 7) is 7.28. The molecule has 0 aromatic heterocycles. The zero-order valence-electron chi connectivity index (χ0n) is 13.3. The maximum atomic E-state index is 6.42. The summed E-state index contributed by atoms with van der Waals surface area (Å²) >= 11 is 0. The zero-order chi connectivity index (χ0) is 14.7. The minimum Gasteiger partial charge on any atom is -0.347 e. The Labute approximate surface area is 128 Å². The standard InChI is InChI=1S/C18H28NO2/c1-15(2)14-20-18-12-17-10-6-7-11-19(17,21-18)13-16-8-4-3-5-9-16/h3-5,8-9,15,17-18H,6-7,10-14H2,1-2H3/q+1/t17-,18-,19?/m0/s1. The molecule has 0 bridgehead atoms. The highest BCUT2D eigenvalue weighted by Gasteiger charge is 2.51. The second-order valence-corrected chi connectivity index (χ2v) is 6.97. The van der Waals surface area contributed by atoms with Gasteiger partial charge < -0.3 is 4.74 Å². The molecule has 0 radical (unpaired) electrons. The minimum absolute atomic E-state index is 0.0146. The second kappa shape index (κ2) is 6.47. The zero-order valence-corrected chi connectivity index (χ0v) is 13.3. The number of benzene rings is 1. The van der Waals surface area contributed by atoms with Crippen LogP contribution in [-0.4, -0.2) is 30.1 Å². The first kappa shape index (κ1) is 15.0. The maximum Gasteiger partial charge on any atom is 0.221 e. The minimum atomic E-state index is -0.0146. The van der Waals surface area contributed by atoms with Crippen molar-refractivity contribution in [2.75, 3.05) is 13.2 Å². The van der Waals surface area contributed by atoms with Crippen molar-refractivity contribution in [3.63, 3.8) is 0 Å². The van der Waals surface area contributed by atoms with Crippen LogP contribution in [-0.2, 0) is 16.1 Å². The van der Waals surface area contributed by atoms with Gasteiger partial charge in [0.2, 0.25) is 6.29 Å². The first-order valence-electron chi connectivity index (χ1n) is 8.39. The van der Waals surface area contributed by atoms with E-state index in [1.165, 1.54) is 24.8 Å². The van der Waals surface area contributed by atoms with Gasteiger partial charge >= 0.3 is 0 Å². The molecule has 3 rings (SSSR count). The topological polar surface area (TPSA) is 18.5 Å². The van der Waals surface area contributed by atoms with Crippen LogP contribution in [0.5, 0.6) is 0 Å². The van der Waals surface area contributed by atoms with Gasteiger partial charge in [0.05, 0.1) is 13.0 Å². The number of nitrogens with zero attached hydrogens (tertiary/aromatic N) is 1. The average molecular weight is 290 g/mol. The van der Waals surface area contributed by atoms with Crippen LogP contribution in [0.15, 0.2) is 30.3 Å². The van der Waals surface area contributed by atoms with Gasteiger partial charge in [-0.1, -0.05) is 44.2 Å². The van der Waals surface area contributed by atoms with Gasteiger partial charge in [-0.15, -0.1) is 0 Å². The van der Waals surface area contributed by atoms with Gasteiger partial charge in [0.15, 0.2) is 0 Å². The molecule has 2 aliphatic rings. The summed E-state index contributed by atoms with van der Waals surface area (Å²) in [5, 5.41) is 0. The van der Waals surface area contributed by atoms with Crippen molar-refractivity contribution in [1.82, 2.24) is 0 Å². The van der Waals surface area contributed by atoms with Gasteiger partial charge in [0, 0.05) is 12.0 Å². The van der Waals surface area contributed by atoms with E-state index in [1.54, 1.807) is 0 Å². The number of hydroxylamine groups is 3. The predicted molar refractivity (Wildman–Crippen MR) is 83.2 cm³/mol. The summed E-state index contributed by atoms with van der Waals surface area (Å²) in [7, 11) is 0. The lowest BCUT2D eigenvalue weighted by atomic mass is 9.98. The van der Waals surface area contributed by atoms with Crippen LogP contribution in [0.2, 0.25) is 0 Å². The smallest absolute Gasteiger partial charge is 0.221 e. The van der Waals surface area contributed by atoms with E-state index in [2.05, 4.69) is 44.2 Å². The fourth-order valence-corrected chi connectivity index (χ4v) is 3.66. The molecule has 1 aromatic carbocycles. The molecule has 0 aliphatic carbocycles. The predicted octanol–water partition coefficient (Wildman–Crippen LogP) is 3.89. The van der Waals surface area contributed by atoms with Gasteiger partial charge in [-0.2, -0.15) is 9.48 Å². The number of fused-ring (bicyclic) bond motifs is 1. The number of hydrogen-bond acceptors (Lipinski definition) is 2. The van der Waals surface area contributed by atoms with E-state index in [9.17, 15) is 0 Å². The summed E-state index contributed by atoms with van der Waals surface area (Å²) in [5.41, 5.74) is 1.37. The number of piperidine rings is 1. The Morgan fingerprint density at radius 1 is 1.24 bits per heavy atom. The molecule has 1 aromatic rings. The molecule has 21 heavy (non-hydrogen) atoms. The Bertz CT molecular complexity index is 448. The Hall–Kier alpha value is -0.900. The molecule has 2 aliphatic heterocycles. The van der Waals surface area contributed by atoms with Crippen molar-refractivity contribution in [2.24, 2.45) is 5.92 Å². The molecule has 0 amide bonds. The van der Waals surface area contributed by atoms with Crippen LogP contribution in [0.1, 0.15) is 45.1 Å². The van der Waals surface area contributed by atoms with Crippen molar-refractivity contribution in [2.45, 2.75) is 58.4 Å². The number of ether oxygens (including phenoxy) is 1. The molecule has 116 valence electrons. The SMILES string of the molecule is CC(C)CO[C@@H]1C[C@@H]2CCCC[N+]2(Cc2ccccc2)O1. The Morgan fingerprint density at radius 3 is 2.81 bits per heavy atom. The summed E-state index contributed by atoms with van der Waals surface area (Å²) in [4.78, 5) is 6.42. The van der Waals surface area contributed by atoms with E-state index >= 15 is 0 Å². The van der Waals surface area contributed by atoms with Gasteiger partial charge in [0.1, 0.15) is 19.1 Å². The normalized spacial score (nSPS) is 32.3. The van der Waals surface area contributed by atoms with Gasteiger partial charge in [-0.3, -0.25) is 0 Å². The number of rotatable bonds is 5. The number of quaternary nitrogens is 1. The number of hydrogen-bond donors (Lipinski definition) is 0. The first-order chi connectivity index (χ1) is 10.2. The van der Waals surface area contributed by atoms with Crippen LogP contribution in [0.3, 0.4) is 0 Å². The summed E-state index contributed by atoms with van der Waals surface area (Å²) in [6, 6.07) is 11.4. The fourth-order valence-electron chi connectivity index (χ4n) is 3.66. The van der Waals surface area contributed by atoms with Crippen molar-refractivity contribution in [1.29, 1.82) is 0 Å². The van der Waals surface area contributed by atoms with Crippen molar-refractivity contribution in [3.8, 4) is 0 Å². The van der Waals surface area contributed by atoms with Gasteiger partial charge in [0.25, 0.3) is 0 Å². The maximum absolute atomic E-state index is 6.42. The van der Waals surface area contributed by atoms with Crippen molar-refractivity contribution in [3.05, 3.63) is 35.9 Å². The van der Waals surface area contributed by atoms with Gasteiger partial charge in [-0.25, -0.2) is 0 Å². The quantitative estimate of drug-likeness (QED) is 0.766. The summed E-state index contributed by atoms with van der Waals surface area (Å²) in [5.74, 6) is 0.564. The molecule has 0 spiro atoms. The first-order valence-corrected chi connectivity index (χ1v) is 8.39. The molecule has 0 N–H and O–H groups in total. The molecule has 0 saturated carbocycles. The lowest BCUT2D eigenvalue weighted by Gasteiger charge is -2.39. The molecule has 3 atom stereocenters. The van der Waals surface area contributed by atoms with Crippen LogP contribution >= 0.6 is 0 Å². The van der Waals surface area contributed by atoms with E-state index in [0.29, 0.717) is 12.0 Å². The highest BCUT2D eigenvalue weighted by molar-refractivity contribution is 5.13. The van der Waals surface area contributed by atoms with Crippen LogP contribution < -0.4 is 0 Å². The molecule has 2 saturated heterocycles. The lowest BCUT2D eigenvalue weighted by molar-refractivity contribution is -1.13. The van der Waals surface area contributed by atoms with E-state index in [4.69, 9.17) is 9.57 Å². The fraction of sp³-hybridized carbons (Fsp3) is 0.667. The van der Waals surface area contributed by atoms with E-state index < -0.39 is 0 Å². The van der Waals surface area contributed by atoms with E-state index in [0.717, 1.165) is 30.8 Å². The van der Waals surface area contributed by atoms with Crippen LogP contribution in [0, 0.1) is 5.92 Å². The molecular weight excluding hydrogens is 262 g/mol. The van der Waals surface area contributed by atoms with E-state index in [1.807, 2.05) is 0 Å². The van der Waals surface area contributed by atoms with Crippen molar-refractivity contribution < 1.29 is 14.2 Å². The highest BCUT2D eigenvalue weighted by Crippen LogP contribution is 2.39. The monoisotopic (exact) mass is 290 g/mol. The molecule has 1 unspecified atom stereocenters.